The van der Waals surface area contributed by atoms with Gasteiger partial charge in [-0.2, -0.15) is 5.10 Å². The van der Waals surface area contributed by atoms with Crippen LogP contribution in [0.15, 0.2) is 29.4 Å². The first-order valence-electron chi connectivity index (χ1n) is 8.44. The average Bonchev–Trinajstić information content (AvgIpc) is 2.95. The second-order valence-corrected chi connectivity index (χ2v) is 8.97. The molecule has 9 heteroatoms. The summed E-state index contributed by atoms with van der Waals surface area (Å²) in [6, 6.07) is 6.89. The van der Waals surface area contributed by atoms with E-state index in [9.17, 15) is 18.0 Å². The first-order valence-corrected chi connectivity index (χ1v) is 10.3. The highest BCUT2D eigenvalue weighted by atomic mass is 32.2. The molecule has 0 radical (unpaired) electrons. The lowest BCUT2D eigenvalue weighted by Crippen LogP contribution is -2.42. The minimum atomic E-state index is -3.13. The van der Waals surface area contributed by atoms with Crippen molar-refractivity contribution < 1.29 is 18.0 Å². The second kappa shape index (κ2) is 7.06. The molecule has 0 spiro atoms. The minimum absolute atomic E-state index is 0.0523. The Bertz CT molecular complexity index is 846. The number of carbonyl (C=O) groups is 2. The number of hydrogen-bond acceptors (Lipinski definition) is 6. The van der Waals surface area contributed by atoms with Gasteiger partial charge in [0.1, 0.15) is 5.71 Å². The van der Waals surface area contributed by atoms with Gasteiger partial charge in [-0.1, -0.05) is 0 Å². The number of benzene rings is 1. The number of anilines is 2. The van der Waals surface area contributed by atoms with E-state index in [4.69, 9.17) is 0 Å². The Morgan fingerprint density at radius 1 is 1.23 bits per heavy atom. The van der Waals surface area contributed by atoms with Crippen LogP contribution in [-0.4, -0.2) is 62.6 Å². The van der Waals surface area contributed by atoms with Gasteiger partial charge in [0.15, 0.2) is 9.84 Å². The van der Waals surface area contributed by atoms with Crippen molar-refractivity contribution in [3.8, 4) is 0 Å². The summed E-state index contributed by atoms with van der Waals surface area (Å²) >= 11 is 0. The zero-order valence-corrected chi connectivity index (χ0v) is 15.6. The van der Waals surface area contributed by atoms with Crippen molar-refractivity contribution in [1.82, 2.24) is 5.01 Å². The normalized spacial score (nSPS) is 22.1. The summed E-state index contributed by atoms with van der Waals surface area (Å²) in [6.45, 7) is 0. The summed E-state index contributed by atoms with van der Waals surface area (Å²) in [7, 11) is 0.726. The molecule has 0 aliphatic carbocycles. The third kappa shape index (κ3) is 4.04. The lowest BCUT2D eigenvalue weighted by Gasteiger charge is -2.27. The Morgan fingerprint density at radius 3 is 2.50 bits per heavy atom. The highest BCUT2D eigenvalue weighted by Gasteiger charge is 2.37. The van der Waals surface area contributed by atoms with Gasteiger partial charge in [0.05, 0.1) is 17.5 Å². The van der Waals surface area contributed by atoms with E-state index in [0.29, 0.717) is 12.1 Å². The van der Waals surface area contributed by atoms with Crippen molar-refractivity contribution >= 4 is 38.7 Å². The highest BCUT2D eigenvalue weighted by molar-refractivity contribution is 7.91. The van der Waals surface area contributed by atoms with Crippen LogP contribution in [-0.2, 0) is 19.4 Å². The molecule has 0 aromatic heterocycles. The van der Waals surface area contributed by atoms with E-state index >= 15 is 0 Å². The second-order valence-electron chi connectivity index (χ2n) is 6.74. The smallest absolute Gasteiger partial charge is 0.271 e. The maximum absolute atomic E-state index is 12.5. The molecular formula is C17H22N4O4S. The van der Waals surface area contributed by atoms with E-state index in [2.05, 4.69) is 10.4 Å². The molecule has 1 fully saturated rings. The van der Waals surface area contributed by atoms with E-state index in [1.807, 2.05) is 31.1 Å². The van der Waals surface area contributed by atoms with Gasteiger partial charge in [-0.05, 0) is 30.7 Å². The molecule has 1 saturated heterocycles. The minimum Gasteiger partial charge on any atom is -0.378 e. The van der Waals surface area contributed by atoms with Crippen molar-refractivity contribution in [3.63, 3.8) is 0 Å². The number of carbonyl (C=O) groups excluding carboxylic acids is 2. The first kappa shape index (κ1) is 18.4. The Kier molecular flexibility index (Phi) is 4.99. The van der Waals surface area contributed by atoms with E-state index < -0.39 is 15.9 Å². The summed E-state index contributed by atoms with van der Waals surface area (Å²) in [5.41, 5.74) is 1.89. The molecule has 0 bridgehead atoms. The van der Waals surface area contributed by atoms with Gasteiger partial charge in [0, 0.05) is 38.3 Å². The molecule has 8 nitrogen and oxygen atoms in total. The maximum atomic E-state index is 12.5. The van der Waals surface area contributed by atoms with Crippen LogP contribution < -0.4 is 10.2 Å². The lowest BCUT2D eigenvalue weighted by atomic mass is 10.1. The predicted octanol–water partition coefficient (Wildman–Crippen LogP) is 0.857. The van der Waals surface area contributed by atoms with Crippen molar-refractivity contribution in [2.45, 2.75) is 25.3 Å². The van der Waals surface area contributed by atoms with Crippen LogP contribution in [0.5, 0.6) is 0 Å². The Labute approximate surface area is 152 Å². The maximum Gasteiger partial charge on any atom is 0.271 e. The zero-order chi connectivity index (χ0) is 18.9. The third-order valence-electron chi connectivity index (χ3n) is 4.52. The van der Waals surface area contributed by atoms with Crippen LogP contribution in [0.25, 0.3) is 0 Å². The monoisotopic (exact) mass is 378 g/mol. The Morgan fingerprint density at radius 2 is 1.92 bits per heavy atom. The van der Waals surface area contributed by atoms with Gasteiger partial charge in [-0.15, -0.1) is 0 Å². The summed E-state index contributed by atoms with van der Waals surface area (Å²) < 4.78 is 23.3. The van der Waals surface area contributed by atoms with Crippen molar-refractivity contribution in [2.24, 2.45) is 5.10 Å². The Balaban J connectivity index is 1.72. The van der Waals surface area contributed by atoms with Crippen LogP contribution in [0.1, 0.15) is 19.3 Å². The van der Waals surface area contributed by atoms with Gasteiger partial charge >= 0.3 is 0 Å². The van der Waals surface area contributed by atoms with Crippen LogP contribution in [0.2, 0.25) is 0 Å². The van der Waals surface area contributed by atoms with Gasteiger partial charge in [0.2, 0.25) is 5.91 Å². The number of amides is 2. The van der Waals surface area contributed by atoms with Gasteiger partial charge < -0.3 is 10.2 Å². The van der Waals surface area contributed by atoms with E-state index in [-0.39, 0.29) is 41.9 Å². The molecule has 2 aliphatic heterocycles. The molecule has 1 aromatic rings. The van der Waals surface area contributed by atoms with Crippen LogP contribution in [0.3, 0.4) is 0 Å². The predicted molar refractivity (Wildman–Crippen MR) is 100.0 cm³/mol. The number of hydrogen-bond donors (Lipinski definition) is 1. The van der Waals surface area contributed by atoms with Crippen LogP contribution >= 0.6 is 0 Å². The summed E-state index contributed by atoms with van der Waals surface area (Å²) in [5, 5.41) is 8.14. The van der Waals surface area contributed by atoms with E-state index in [0.717, 1.165) is 5.69 Å². The van der Waals surface area contributed by atoms with Crippen LogP contribution in [0, 0.1) is 0 Å². The molecule has 26 heavy (non-hydrogen) atoms. The molecule has 0 saturated carbocycles. The molecule has 2 aliphatic rings. The van der Waals surface area contributed by atoms with Crippen molar-refractivity contribution in [1.29, 1.82) is 0 Å². The fourth-order valence-electron chi connectivity index (χ4n) is 3.03. The molecule has 1 aromatic carbocycles. The topological polar surface area (TPSA) is 99.2 Å². The lowest BCUT2D eigenvalue weighted by molar-refractivity contribution is -0.133. The summed E-state index contributed by atoms with van der Waals surface area (Å²) in [4.78, 5) is 26.5. The van der Waals surface area contributed by atoms with Crippen molar-refractivity contribution in [2.75, 3.05) is 35.8 Å². The highest BCUT2D eigenvalue weighted by Crippen LogP contribution is 2.23. The summed E-state index contributed by atoms with van der Waals surface area (Å²) in [6.07, 6.45) is 0.761. The van der Waals surface area contributed by atoms with Crippen LogP contribution in [0.4, 0.5) is 11.4 Å². The zero-order valence-electron chi connectivity index (χ0n) is 14.8. The third-order valence-corrected chi connectivity index (χ3v) is 6.27. The van der Waals surface area contributed by atoms with Crippen molar-refractivity contribution in [3.05, 3.63) is 24.3 Å². The molecule has 2 amide bonds. The van der Waals surface area contributed by atoms with E-state index in [1.165, 1.54) is 5.01 Å². The molecule has 2 heterocycles. The number of rotatable bonds is 4. The molecule has 140 valence electrons. The number of sulfone groups is 1. The number of hydrazone groups is 1. The largest absolute Gasteiger partial charge is 0.378 e. The fraction of sp³-hybridized carbons (Fsp3) is 0.471. The van der Waals surface area contributed by atoms with Gasteiger partial charge in [0.25, 0.3) is 5.91 Å². The van der Waals surface area contributed by atoms with E-state index in [1.54, 1.807) is 12.1 Å². The average molecular weight is 378 g/mol. The van der Waals surface area contributed by atoms with Gasteiger partial charge in [-0.25, -0.2) is 13.4 Å². The first-order chi connectivity index (χ1) is 12.2. The van der Waals surface area contributed by atoms with Gasteiger partial charge in [-0.3, -0.25) is 9.59 Å². The Hall–Kier alpha value is -2.42. The molecular weight excluding hydrogens is 356 g/mol. The molecule has 1 atom stereocenters. The summed E-state index contributed by atoms with van der Waals surface area (Å²) in [5.74, 6) is -0.653. The number of nitrogens with zero attached hydrogens (tertiary/aromatic N) is 3. The SMILES string of the molecule is CN(C)c1ccc(NC(=O)C2=NN([C@H]3CCS(=O)(=O)C3)C(=O)CC2)cc1. The number of nitrogens with one attached hydrogen (secondary N) is 1. The molecule has 1 N–H and O–H groups in total. The quantitative estimate of drug-likeness (QED) is 0.838. The fourth-order valence-corrected chi connectivity index (χ4v) is 4.73. The molecule has 0 unspecified atom stereocenters. The standard InChI is InChI=1S/C17H22N4O4S/c1-20(2)13-5-3-12(4-6-13)18-17(23)15-7-8-16(22)21(19-15)14-9-10-26(24,25)11-14/h3-6,14H,7-11H2,1-2H3,(H,18,23)/t14-/m0/s1. The molecule has 3 rings (SSSR count).